The Hall–Kier alpha value is 0.0800. The third-order valence-electron chi connectivity index (χ3n) is 3.94. The van der Waals surface area contributed by atoms with Crippen LogP contribution in [0.5, 0.6) is 0 Å². The third kappa shape index (κ3) is 29.1. The number of hydrogen-bond acceptors (Lipinski definition) is 1. The van der Waals surface area contributed by atoms with Crippen LogP contribution in [0.25, 0.3) is 0 Å². The summed E-state index contributed by atoms with van der Waals surface area (Å²) in [7, 11) is 0. The monoisotopic (exact) mass is 393 g/mol. The van der Waals surface area contributed by atoms with Gasteiger partial charge in [-0.15, -0.1) is 0 Å². The van der Waals surface area contributed by atoms with E-state index in [9.17, 15) is 4.55 Å². The van der Waals surface area contributed by atoms with Gasteiger partial charge in [-0.25, -0.2) is 0 Å². The topological polar surface area (TPSA) is 118 Å². The maximum Gasteiger partial charge on any atom is 0.0946 e. The highest BCUT2D eigenvalue weighted by Crippen LogP contribution is 2.16. The van der Waals surface area contributed by atoms with Crippen molar-refractivity contribution in [3.8, 4) is 0 Å². The second-order valence-corrected chi connectivity index (χ2v) is 7.88. The number of halogens is 1. The van der Waals surface area contributed by atoms with Gasteiger partial charge >= 0.3 is 0 Å². The minimum atomic E-state index is -0.611. The molecule has 0 aromatic rings. The van der Waals surface area contributed by atoms with Crippen molar-refractivity contribution in [1.29, 1.82) is 0 Å². The van der Waals surface area contributed by atoms with Crippen molar-refractivity contribution >= 4 is 11.2 Å². The molecule has 0 atom stereocenters. The van der Waals surface area contributed by atoms with Crippen molar-refractivity contribution in [1.82, 2.24) is 0 Å². The van der Waals surface area contributed by atoms with Crippen LogP contribution in [0, 0.1) is 0 Å². The zero-order valence-corrected chi connectivity index (χ0v) is 18.4. The summed E-state index contributed by atoms with van der Waals surface area (Å²) < 4.78 is 11.0. The molecule has 0 aromatic carbocycles. The molecule has 0 aliphatic rings. The molecule has 0 rings (SSSR count). The van der Waals surface area contributed by atoms with Gasteiger partial charge in [-0.1, -0.05) is 64.6 Å². The van der Waals surface area contributed by atoms with Gasteiger partial charge in [0.2, 0.25) is 0 Å². The van der Waals surface area contributed by atoms with Gasteiger partial charge in [0.1, 0.15) is 0 Å². The van der Waals surface area contributed by atoms with Gasteiger partial charge in [-0.2, -0.15) is 0 Å². The molecule has 0 heterocycles. The Morgan fingerprint density at radius 1 is 0.600 bits per heavy atom. The first kappa shape index (κ1) is 39.9. The maximum absolute atomic E-state index is 9.56. The molecule has 162 valence electrons. The van der Waals surface area contributed by atoms with E-state index in [1.165, 1.54) is 82.0 Å². The van der Waals surface area contributed by atoms with Crippen molar-refractivity contribution in [2.45, 2.75) is 79.1 Å². The summed E-state index contributed by atoms with van der Waals surface area (Å²) in [6.07, 6.45) is 14.3. The molecule has 0 amide bonds. The summed E-state index contributed by atoms with van der Waals surface area (Å²) in [4.78, 5) is 0. The average Bonchev–Trinajstić information content (AvgIpc) is 2.45. The molecule has 0 saturated heterocycles. The Bertz CT molecular complexity index is 173. The summed E-state index contributed by atoms with van der Waals surface area (Å²) in [5.74, 6) is 0. The predicted octanol–water partition coefficient (Wildman–Crippen LogP) is -0.472. The van der Waals surface area contributed by atoms with E-state index < -0.39 is 11.2 Å². The molecule has 7 heteroatoms. The van der Waals surface area contributed by atoms with E-state index in [1.807, 2.05) is 0 Å². The van der Waals surface area contributed by atoms with E-state index in [1.54, 1.807) is 12.5 Å². The quantitative estimate of drug-likeness (QED) is 0.323. The van der Waals surface area contributed by atoms with E-state index in [4.69, 9.17) is 0 Å². The van der Waals surface area contributed by atoms with Gasteiger partial charge in [0.15, 0.2) is 0 Å². The highest BCUT2D eigenvalue weighted by Gasteiger charge is 2.24. The van der Waals surface area contributed by atoms with Crippen molar-refractivity contribution in [2.75, 3.05) is 38.7 Å². The minimum Gasteiger partial charge on any atom is -1.00 e. The van der Waals surface area contributed by atoms with Crippen LogP contribution in [0.1, 0.15) is 79.1 Å². The number of nitrogens with zero attached hydrogens (tertiary/aromatic N) is 1. The Morgan fingerprint density at radius 2 is 0.760 bits per heavy atom. The first-order valence-electron chi connectivity index (χ1n) is 9.08. The fraction of sp³-hybridized carbons (Fsp3) is 1.00. The zero-order chi connectivity index (χ0) is 16.6. The van der Waals surface area contributed by atoms with Crippen LogP contribution in [0.3, 0.4) is 0 Å². The van der Waals surface area contributed by atoms with Gasteiger partial charge in [0.05, 0.1) is 38.7 Å². The van der Waals surface area contributed by atoms with Crippen molar-refractivity contribution in [3.05, 3.63) is 0 Å². The third-order valence-corrected chi connectivity index (χ3v) is 3.94. The highest BCUT2D eigenvalue weighted by atomic mass is 32.2. The van der Waals surface area contributed by atoms with Crippen molar-refractivity contribution in [3.63, 3.8) is 0 Å². The molecule has 0 saturated carbocycles. The summed E-state index contributed by atoms with van der Waals surface area (Å²) >= 11 is -0.611. The summed E-state index contributed by atoms with van der Waals surface area (Å²) in [5.41, 5.74) is 0. The molecule has 6 N–H and O–H groups in total. The van der Waals surface area contributed by atoms with Crippen LogP contribution in [0.4, 0.5) is 0 Å². The van der Waals surface area contributed by atoms with E-state index in [0.29, 0.717) is 0 Å². The van der Waals surface area contributed by atoms with Crippen LogP contribution >= 0.6 is 0 Å². The molecule has 5 nitrogen and oxygen atoms in total. The second kappa shape index (κ2) is 28.9. The Balaban J connectivity index is -0.000000102. The molecule has 0 spiro atoms. The molecule has 0 aliphatic heterocycles. The van der Waals surface area contributed by atoms with Crippen molar-refractivity contribution in [2.24, 2.45) is 0 Å². The summed E-state index contributed by atoms with van der Waals surface area (Å²) in [5, 5.41) is 0. The lowest BCUT2D eigenvalue weighted by molar-refractivity contribution is -0.929. The molecular weight excluding hydrogens is 345 g/mol. The average molecular weight is 394 g/mol. The fourth-order valence-electron chi connectivity index (χ4n) is 2.64. The van der Waals surface area contributed by atoms with Gasteiger partial charge in [-0.05, 0) is 25.7 Å². The van der Waals surface area contributed by atoms with E-state index in [-0.39, 0.29) is 21.1 Å². The van der Waals surface area contributed by atoms with Crippen LogP contribution in [0.15, 0.2) is 0 Å². The minimum absolute atomic E-state index is 0. The largest absolute Gasteiger partial charge is 1.00 e. The van der Waals surface area contributed by atoms with Gasteiger partial charge < -0.3 is 30.2 Å². The highest BCUT2D eigenvalue weighted by molar-refractivity contribution is 7.89. The van der Waals surface area contributed by atoms with E-state index in [2.05, 4.69) is 27.7 Å². The van der Waals surface area contributed by atoms with Crippen LogP contribution in [-0.2, 0) is 11.2 Å². The molecule has 25 heavy (non-hydrogen) atoms. The number of rotatable bonds is 12. The number of quaternary nitrogens is 1. The van der Waals surface area contributed by atoms with E-state index >= 15 is 0 Å². The molecule has 0 aliphatic carbocycles. The Morgan fingerprint density at radius 3 is 0.880 bits per heavy atom. The molecule has 0 bridgehead atoms. The van der Waals surface area contributed by atoms with Gasteiger partial charge in [0.25, 0.3) is 0 Å². The maximum atomic E-state index is 9.56. The lowest BCUT2D eigenvalue weighted by Gasteiger charge is -2.39. The van der Waals surface area contributed by atoms with Crippen molar-refractivity contribution < 1.29 is 30.2 Å². The molecule has 0 unspecified atom stereocenters. The lowest BCUT2D eigenvalue weighted by atomic mass is 10.1. The number of hydrogen-bond donors (Lipinski definition) is 0. The van der Waals surface area contributed by atoms with Gasteiger partial charge in [0, 0.05) is 0 Å². The lowest BCUT2D eigenvalue weighted by Crippen LogP contribution is -3.00. The SMILES string of the molecule is CCCC[N+](CCCC)(CCCC)CCCC.C[S+](C)[O-].O.O.O.[F-]. The normalized spacial score (nSPS) is 9.60. The molecule has 0 radical (unpaired) electrons. The molecule has 0 fully saturated rings. The van der Waals surface area contributed by atoms with Crippen LogP contribution in [0.2, 0.25) is 0 Å². The first-order valence-corrected chi connectivity index (χ1v) is 11.0. The first-order chi connectivity index (χ1) is 9.97. The second-order valence-electron chi connectivity index (χ2n) is 6.39. The summed E-state index contributed by atoms with van der Waals surface area (Å²) in [6.45, 7) is 15.0. The predicted molar refractivity (Wildman–Crippen MR) is 110 cm³/mol. The standard InChI is InChI=1S/C16H36N.C2H6OS.FH.3H2O/c1-5-9-13-17(14-10-6-2,15-11-7-3)16-12-8-4;1-4(2)3;;;;/h5-16H2,1-4H3;1-2H3;1H;3*1H2/q+1;;;;;/p-1. The van der Waals surface area contributed by atoms with Crippen LogP contribution in [-0.4, -0.2) is 64.2 Å². The van der Waals surface area contributed by atoms with E-state index in [0.717, 1.165) is 0 Å². The Labute approximate surface area is 159 Å². The molecular formula is C18H48FNO4S. The van der Waals surface area contributed by atoms with Gasteiger partial charge in [-0.3, -0.25) is 0 Å². The summed E-state index contributed by atoms with van der Waals surface area (Å²) in [6, 6.07) is 0. The Kier molecular flexibility index (Phi) is 46.1. The zero-order valence-electron chi connectivity index (χ0n) is 17.6. The van der Waals surface area contributed by atoms with Crippen LogP contribution < -0.4 is 4.70 Å². The number of unbranched alkanes of at least 4 members (excludes halogenated alkanes) is 4. The smallest absolute Gasteiger partial charge is 0.0946 e. The fourth-order valence-corrected chi connectivity index (χ4v) is 2.64. The molecule has 0 aromatic heterocycles.